The molecule has 1 N–H and O–H groups in total. The smallest absolute Gasteiger partial charge is 0.322 e. The molecule has 2 aromatic carbocycles. The Kier molecular flexibility index (Phi) is 6.50. The predicted octanol–water partition coefficient (Wildman–Crippen LogP) is 5.89. The largest absolute Gasteiger partial charge is 0.417 e. The van der Waals surface area contributed by atoms with Crippen molar-refractivity contribution in [2.75, 3.05) is 5.32 Å². The number of ketones is 1. The fraction of sp³-hybridized carbons (Fsp3) is 0.154. The number of aromatic nitrogens is 3. The van der Waals surface area contributed by atoms with Crippen molar-refractivity contribution in [3.8, 4) is 5.82 Å². The number of alkyl halides is 3. The van der Waals surface area contributed by atoms with Crippen molar-refractivity contribution in [2.45, 2.75) is 25.9 Å². The first-order chi connectivity index (χ1) is 16.6. The lowest BCUT2D eigenvalue weighted by atomic mass is 10.0. The zero-order valence-electron chi connectivity index (χ0n) is 18.9. The first-order valence-corrected chi connectivity index (χ1v) is 10.8. The second-order valence-corrected chi connectivity index (χ2v) is 8.14. The summed E-state index contributed by atoms with van der Waals surface area (Å²) < 4.78 is 40.0. The summed E-state index contributed by atoms with van der Waals surface area (Å²) in [5.74, 6) is -0.661. The molecule has 0 aliphatic heterocycles. The van der Waals surface area contributed by atoms with Gasteiger partial charge in [-0.25, -0.2) is 9.67 Å². The van der Waals surface area contributed by atoms with Gasteiger partial charge in [-0.2, -0.15) is 18.3 Å². The summed E-state index contributed by atoms with van der Waals surface area (Å²) in [5.41, 5.74) is 1.24. The van der Waals surface area contributed by atoms with Crippen molar-refractivity contribution >= 4 is 17.4 Å². The minimum absolute atomic E-state index is 0.163. The van der Waals surface area contributed by atoms with Crippen LogP contribution in [0.2, 0.25) is 0 Å². The van der Waals surface area contributed by atoms with E-state index in [0.717, 1.165) is 12.3 Å². The van der Waals surface area contributed by atoms with E-state index in [1.54, 1.807) is 48.5 Å². The lowest BCUT2D eigenvalue weighted by molar-refractivity contribution is -0.137. The fourth-order valence-corrected chi connectivity index (χ4v) is 3.64. The zero-order valence-corrected chi connectivity index (χ0v) is 18.9. The molecule has 0 saturated heterocycles. The van der Waals surface area contributed by atoms with Crippen LogP contribution in [-0.4, -0.2) is 26.5 Å². The van der Waals surface area contributed by atoms with Crippen molar-refractivity contribution in [2.24, 2.45) is 0 Å². The molecule has 9 heteroatoms. The topological polar surface area (TPSA) is 76.9 Å². The van der Waals surface area contributed by atoms with Crippen molar-refractivity contribution in [1.82, 2.24) is 14.8 Å². The minimum Gasteiger partial charge on any atom is -0.322 e. The number of benzene rings is 2. The van der Waals surface area contributed by atoms with E-state index in [9.17, 15) is 22.8 Å². The SMILES string of the molecule is CC(C)c1c(C(=O)Nc2cccc(C(=O)c3ccccc3)c2)cnn1-c1ccc(C(F)(F)F)cn1. The standard InChI is InChI=1S/C26H21F3N4O2/c1-16(2)23-21(15-31-33(23)22-12-11-19(14-30-22)26(27,28)29)25(35)32-20-10-6-9-18(13-20)24(34)17-7-4-3-5-8-17/h3-16H,1-2H3,(H,32,35). The third kappa shape index (κ3) is 5.13. The summed E-state index contributed by atoms with van der Waals surface area (Å²) in [7, 11) is 0. The second-order valence-electron chi connectivity index (χ2n) is 8.14. The summed E-state index contributed by atoms with van der Waals surface area (Å²) >= 11 is 0. The normalized spacial score (nSPS) is 11.5. The van der Waals surface area contributed by atoms with E-state index >= 15 is 0 Å². The van der Waals surface area contributed by atoms with E-state index in [1.165, 1.54) is 16.9 Å². The molecule has 0 unspecified atom stereocenters. The number of anilines is 1. The summed E-state index contributed by atoms with van der Waals surface area (Å²) in [6.45, 7) is 3.68. The van der Waals surface area contributed by atoms with Gasteiger partial charge in [-0.3, -0.25) is 9.59 Å². The molecular weight excluding hydrogens is 457 g/mol. The third-order valence-electron chi connectivity index (χ3n) is 5.31. The molecule has 0 bridgehead atoms. The van der Waals surface area contributed by atoms with Crippen LogP contribution >= 0.6 is 0 Å². The number of carbonyl (C=O) groups excluding carboxylic acids is 2. The molecule has 0 radical (unpaired) electrons. The molecule has 0 spiro atoms. The summed E-state index contributed by atoms with van der Waals surface area (Å²) in [5, 5.41) is 6.99. The Morgan fingerprint density at radius 3 is 2.26 bits per heavy atom. The van der Waals surface area contributed by atoms with Gasteiger partial charge in [0.25, 0.3) is 5.91 Å². The number of amides is 1. The molecule has 0 aliphatic carbocycles. The summed E-state index contributed by atoms with van der Waals surface area (Å²) in [6.07, 6.45) is -2.42. The van der Waals surface area contributed by atoms with Gasteiger partial charge < -0.3 is 5.32 Å². The number of nitrogens with zero attached hydrogens (tertiary/aromatic N) is 3. The van der Waals surface area contributed by atoms with Crippen LogP contribution < -0.4 is 5.32 Å². The van der Waals surface area contributed by atoms with E-state index in [0.29, 0.717) is 22.5 Å². The summed E-state index contributed by atoms with van der Waals surface area (Å²) in [4.78, 5) is 29.7. The highest BCUT2D eigenvalue weighted by molar-refractivity contribution is 6.10. The molecule has 35 heavy (non-hydrogen) atoms. The Bertz CT molecular complexity index is 1360. The van der Waals surface area contributed by atoms with E-state index < -0.39 is 17.6 Å². The van der Waals surface area contributed by atoms with Crippen LogP contribution in [0.1, 0.15) is 57.3 Å². The molecule has 0 saturated carbocycles. The Labute approximate surface area is 199 Å². The number of pyridine rings is 1. The van der Waals surface area contributed by atoms with Gasteiger partial charge in [0.15, 0.2) is 11.6 Å². The Morgan fingerprint density at radius 1 is 0.914 bits per heavy atom. The molecule has 0 atom stereocenters. The van der Waals surface area contributed by atoms with Gasteiger partial charge in [-0.15, -0.1) is 0 Å². The number of hydrogen-bond acceptors (Lipinski definition) is 4. The number of nitrogens with one attached hydrogen (secondary N) is 1. The summed E-state index contributed by atoms with van der Waals surface area (Å²) in [6, 6.07) is 17.5. The van der Waals surface area contributed by atoms with Gasteiger partial charge in [-0.1, -0.05) is 56.3 Å². The van der Waals surface area contributed by atoms with Crippen LogP contribution in [0.5, 0.6) is 0 Å². The molecule has 0 aliphatic rings. The highest BCUT2D eigenvalue weighted by Gasteiger charge is 2.31. The Balaban J connectivity index is 1.60. The Morgan fingerprint density at radius 2 is 1.63 bits per heavy atom. The number of halogens is 3. The minimum atomic E-state index is -4.50. The molecule has 4 aromatic rings. The van der Waals surface area contributed by atoms with Gasteiger partial charge in [-0.05, 0) is 30.2 Å². The third-order valence-corrected chi connectivity index (χ3v) is 5.31. The first-order valence-electron chi connectivity index (χ1n) is 10.8. The molecule has 2 heterocycles. The molecule has 0 fully saturated rings. The van der Waals surface area contributed by atoms with Crippen molar-refractivity contribution in [3.05, 3.63) is 107 Å². The maximum Gasteiger partial charge on any atom is 0.417 e. The van der Waals surface area contributed by atoms with Crippen molar-refractivity contribution in [1.29, 1.82) is 0 Å². The van der Waals surface area contributed by atoms with Crippen molar-refractivity contribution in [3.63, 3.8) is 0 Å². The lowest BCUT2D eigenvalue weighted by Crippen LogP contribution is -2.16. The predicted molar refractivity (Wildman–Crippen MR) is 125 cm³/mol. The van der Waals surface area contributed by atoms with Crippen molar-refractivity contribution < 1.29 is 22.8 Å². The maximum atomic E-state index is 13.1. The molecule has 6 nitrogen and oxygen atoms in total. The molecule has 4 rings (SSSR count). The van der Waals surface area contributed by atoms with Crippen LogP contribution in [0.15, 0.2) is 79.1 Å². The maximum absolute atomic E-state index is 13.1. The lowest BCUT2D eigenvalue weighted by Gasteiger charge is -2.13. The number of carbonyl (C=O) groups is 2. The fourth-order valence-electron chi connectivity index (χ4n) is 3.64. The molecular formula is C26H21F3N4O2. The van der Waals surface area contributed by atoms with E-state index in [4.69, 9.17) is 0 Å². The first kappa shape index (κ1) is 23.9. The quantitative estimate of drug-likeness (QED) is 0.351. The van der Waals surface area contributed by atoms with Crippen LogP contribution in [0, 0.1) is 0 Å². The van der Waals surface area contributed by atoms with Crippen LogP contribution in [0.4, 0.5) is 18.9 Å². The van der Waals surface area contributed by atoms with Crippen LogP contribution in [-0.2, 0) is 6.18 Å². The van der Waals surface area contributed by atoms with Crippen LogP contribution in [0.25, 0.3) is 5.82 Å². The van der Waals surface area contributed by atoms with E-state index in [2.05, 4.69) is 15.4 Å². The molecule has 1 amide bonds. The van der Waals surface area contributed by atoms with Gasteiger partial charge in [0, 0.05) is 23.0 Å². The van der Waals surface area contributed by atoms with Gasteiger partial charge >= 0.3 is 6.18 Å². The zero-order chi connectivity index (χ0) is 25.2. The molecule has 178 valence electrons. The highest BCUT2D eigenvalue weighted by Crippen LogP contribution is 2.29. The average Bonchev–Trinajstić information content (AvgIpc) is 3.30. The second kappa shape index (κ2) is 9.54. The monoisotopic (exact) mass is 478 g/mol. The number of hydrogen-bond donors (Lipinski definition) is 1. The van der Waals surface area contributed by atoms with Gasteiger partial charge in [0.05, 0.1) is 23.0 Å². The van der Waals surface area contributed by atoms with Crippen LogP contribution in [0.3, 0.4) is 0 Å². The number of rotatable bonds is 6. The average molecular weight is 478 g/mol. The van der Waals surface area contributed by atoms with Gasteiger partial charge in [0.1, 0.15) is 0 Å². The highest BCUT2D eigenvalue weighted by atomic mass is 19.4. The van der Waals surface area contributed by atoms with E-state index in [1.807, 2.05) is 19.9 Å². The Hall–Kier alpha value is -4.27. The van der Waals surface area contributed by atoms with Gasteiger partial charge in [0.2, 0.25) is 0 Å². The molecule has 2 aromatic heterocycles. The van der Waals surface area contributed by atoms with E-state index in [-0.39, 0.29) is 23.1 Å².